The summed E-state index contributed by atoms with van der Waals surface area (Å²) in [5.74, 6) is 3.40. The fraction of sp³-hybridized carbons (Fsp3) is 0.647. The number of hydrogen-bond donors (Lipinski definition) is 1. The van der Waals surface area contributed by atoms with Crippen molar-refractivity contribution >= 4 is 0 Å². The van der Waals surface area contributed by atoms with Gasteiger partial charge in [-0.2, -0.15) is 0 Å². The topological polar surface area (TPSA) is 26.0 Å². The monoisotopic (exact) mass is 243 g/mol. The summed E-state index contributed by atoms with van der Waals surface area (Å²) in [5, 5.41) is 0. The van der Waals surface area contributed by atoms with Crippen LogP contribution in [-0.4, -0.2) is 6.04 Å². The summed E-state index contributed by atoms with van der Waals surface area (Å²) in [6, 6.07) is 11.5. The molecule has 0 radical (unpaired) electrons. The fourth-order valence-electron chi connectivity index (χ4n) is 3.95. The molecule has 0 aliphatic heterocycles. The molecule has 0 heterocycles. The van der Waals surface area contributed by atoms with Gasteiger partial charge in [0.25, 0.3) is 0 Å². The third kappa shape index (κ3) is 2.33. The van der Waals surface area contributed by atoms with E-state index in [1.807, 2.05) is 0 Å². The summed E-state index contributed by atoms with van der Waals surface area (Å²) >= 11 is 0. The Morgan fingerprint density at radius 2 is 1.83 bits per heavy atom. The van der Waals surface area contributed by atoms with Crippen LogP contribution in [-0.2, 0) is 0 Å². The molecule has 3 rings (SSSR count). The van der Waals surface area contributed by atoms with Crippen molar-refractivity contribution in [1.29, 1.82) is 0 Å². The predicted molar refractivity (Wildman–Crippen MR) is 76.4 cm³/mol. The molecular formula is C17H25N. The number of nitrogens with two attached hydrogens (primary N) is 1. The van der Waals surface area contributed by atoms with E-state index in [2.05, 4.69) is 37.3 Å². The molecular weight excluding hydrogens is 218 g/mol. The van der Waals surface area contributed by atoms with Gasteiger partial charge in [-0.1, -0.05) is 43.7 Å². The van der Waals surface area contributed by atoms with Crippen molar-refractivity contribution in [2.45, 2.75) is 51.0 Å². The first-order chi connectivity index (χ1) is 8.79. The molecule has 1 aromatic rings. The third-order valence-corrected chi connectivity index (χ3v) is 5.26. The van der Waals surface area contributed by atoms with Crippen LogP contribution >= 0.6 is 0 Å². The Hall–Kier alpha value is -0.820. The standard InChI is InChI=1S/C17H25N/c1-2-12-8-9-17(18)16(10-12)15-11-14(15)13-6-4-3-5-7-13/h3-7,12,14-17H,2,8-11,18H2,1H3. The molecule has 5 unspecified atom stereocenters. The fourth-order valence-corrected chi connectivity index (χ4v) is 3.95. The Morgan fingerprint density at radius 3 is 2.56 bits per heavy atom. The highest BCUT2D eigenvalue weighted by Gasteiger charge is 2.47. The molecule has 0 aromatic heterocycles. The molecule has 2 N–H and O–H groups in total. The molecule has 0 amide bonds. The zero-order valence-corrected chi connectivity index (χ0v) is 11.4. The van der Waals surface area contributed by atoms with Crippen molar-refractivity contribution in [3.63, 3.8) is 0 Å². The highest BCUT2D eigenvalue weighted by atomic mass is 14.7. The van der Waals surface area contributed by atoms with Crippen molar-refractivity contribution in [3.05, 3.63) is 35.9 Å². The second-order valence-electron chi connectivity index (χ2n) is 6.33. The minimum atomic E-state index is 0.464. The van der Waals surface area contributed by atoms with E-state index in [0.29, 0.717) is 6.04 Å². The molecule has 98 valence electrons. The maximum absolute atomic E-state index is 6.38. The van der Waals surface area contributed by atoms with Gasteiger partial charge in [0.05, 0.1) is 0 Å². The van der Waals surface area contributed by atoms with Crippen molar-refractivity contribution in [3.8, 4) is 0 Å². The maximum atomic E-state index is 6.38. The first-order valence-corrected chi connectivity index (χ1v) is 7.60. The van der Waals surface area contributed by atoms with Crippen molar-refractivity contribution in [2.75, 3.05) is 0 Å². The predicted octanol–water partition coefficient (Wildman–Crippen LogP) is 3.94. The molecule has 2 fully saturated rings. The molecule has 18 heavy (non-hydrogen) atoms. The summed E-state index contributed by atoms with van der Waals surface area (Å²) in [7, 11) is 0. The summed E-state index contributed by atoms with van der Waals surface area (Å²) in [5.41, 5.74) is 7.91. The average Bonchev–Trinajstić information content (AvgIpc) is 3.20. The summed E-state index contributed by atoms with van der Waals surface area (Å²) in [6.07, 6.45) is 6.70. The van der Waals surface area contributed by atoms with Gasteiger partial charge in [-0.15, -0.1) is 0 Å². The van der Waals surface area contributed by atoms with E-state index in [-0.39, 0.29) is 0 Å². The quantitative estimate of drug-likeness (QED) is 0.855. The number of hydrogen-bond acceptors (Lipinski definition) is 1. The van der Waals surface area contributed by atoms with E-state index in [4.69, 9.17) is 5.73 Å². The average molecular weight is 243 g/mol. The van der Waals surface area contributed by atoms with Crippen molar-refractivity contribution in [2.24, 2.45) is 23.5 Å². The first kappa shape index (κ1) is 12.2. The first-order valence-electron chi connectivity index (χ1n) is 7.60. The van der Waals surface area contributed by atoms with Gasteiger partial charge in [-0.3, -0.25) is 0 Å². The Kier molecular flexibility index (Phi) is 3.43. The van der Waals surface area contributed by atoms with Gasteiger partial charge in [-0.05, 0) is 54.9 Å². The lowest BCUT2D eigenvalue weighted by molar-refractivity contribution is 0.204. The summed E-state index contributed by atoms with van der Waals surface area (Å²) in [4.78, 5) is 0. The van der Waals surface area contributed by atoms with E-state index >= 15 is 0 Å². The summed E-state index contributed by atoms with van der Waals surface area (Å²) in [6.45, 7) is 2.33. The lowest BCUT2D eigenvalue weighted by Crippen LogP contribution is -2.37. The van der Waals surface area contributed by atoms with Gasteiger partial charge in [-0.25, -0.2) is 0 Å². The Balaban J connectivity index is 1.66. The van der Waals surface area contributed by atoms with Crippen LogP contribution in [0.15, 0.2) is 30.3 Å². The minimum absolute atomic E-state index is 0.464. The van der Waals surface area contributed by atoms with Gasteiger partial charge >= 0.3 is 0 Å². The lowest BCUT2D eigenvalue weighted by atomic mass is 9.74. The highest BCUT2D eigenvalue weighted by Crippen LogP contribution is 2.55. The maximum Gasteiger partial charge on any atom is 0.00702 e. The van der Waals surface area contributed by atoms with Crippen LogP contribution in [0.1, 0.15) is 50.5 Å². The Morgan fingerprint density at radius 1 is 1.06 bits per heavy atom. The molecule has 1 nitrogen and oxygen atoms in total. The molecule has 0 bridgehead atoms. The van der Waals surface area contributed by atoms with Crippen LogP contribution < -0.4 is 5.73 Å². The molecule has 0 saturated heterocycles. The van der Waals surface area contributed by atoms with Crippen LogP contribution in [0.3, 0.4) is 0 Å². The SMILES string of the molecule is CCC1CCC(N)C(C2CC2c2ccccc2)C1. The van der Waals surface area contributed by atoms with Crippen LogP contribution in [0, 0.1) is 17.8 Å². The van der Waals surface area contributed by atoms with Gasteiger partial charge in [0, 0.05) is 6.04 Å². The lowest BCUT2D eigenvalue weighted by Gasteiger charge is -2.34. The van der Waals surface area contributed by atoms with E-state index in [9.17, 15) is 0 Å². The van der Waals surface area contributed by atoms with E-state index in [0.717, 1.165) is 23.7 Å². The molecule has 2 aliphatic carbocycles. The van der Waals surface area contributed by atoms with Crippen molar-refractivity contribution in [1.82, 2.24) is 0 Å². The van der Waals surface area contributed by atoms with Crippen LogP contribution in [0.5, 0.6) is 0 Å². The molecule has 2 saturated carbocycles. The smallest absolute Gasteiger partial charge is 0.00702 e. The minimum Gasteiger partial charge on any atom is -0.327 e. The molecule has 0 spiro atoms. The van der Waals surface area contributed by atoms with E-state index in [1.54, 1.807) is 0 Å². The van der Waals surface area contributed by atoms with Crippen molar-refractivity contribution < 1.29 is 0 Å². The molecule has 1 aromatic carbocycles. The van der Waals surface area contributed by atoms with Gasteiger partial charge in [0.1, 0.15) is 0 Å². The largest absolute Gasteiger partial charge is 0.327 e. The normalized spacial score (nSPS) is 39.6. The Labute approximate surface area is 111 Å². The zero-order chi connectivity index (χ0) is 12.5. The number of benzene rings is 1. The molecule has 1 heteroatoms. The van der Waals surface area contributed by atoms with Gasteiger partial charge in [0.2, 0.25) is 0 Å². The number of rotatable bonds is 3. The van der Waals surface area contributed by atoms with E-state index in [1.165, 1.54) is 37.7 Å². The Bertz CT molecular complexity index is 386. The van der Waals surface area contributed by atoms with Crippen LogP contribution in [0.25, 0.3) is 0 Å². The van der Waals surface area contributed by atoms with Crippen LogP contribution in [0.2, 0.25) is 0 Å². The van der Waals surface area contributed by atoms with Gasteiger partial charge < -0.3 is 5.73 Å². The van der Waals surface area contributed by atoms with Crippen LogP contribution in [0.4, 0.5) is 0 Å². The second-order valence-corrected chi connectivity index (χ2v) is 6.33. The second kappa shape index (κ2) is 5.05. The molecule has 5 atom stereocenters. The molecule has 2 aliphatic rings. The highest BCUT2D eigenvalue weighted by molar-refractivity contribution is 5.26. The third-order valence-electron chi connectivity index (χ3n) is 5.26. The van der Waals surface area contributed by atoms with E-state index < -0.39 is 0 Å². The zero-order valence-electron chi connectivity index (χ0n) is 11.4. The van der Waals surface area contributed by atoms with Gasteiger partial charge in [0.15, 0.2) is 0 Å². The summed E-state index contributed by atoms with van der Waals surface area (Å²) < 4.78 is 0.